The number of nitrogens with one attached hydrogen (secondary N) is 3. The molecule has 4 rings (SSSR count). The van der Waals surface area contributed by atoms with Crippen molar-refractivity contribution in [2.45, 2.75) is 25.4 Å². The second-order valence-electron chi connectivity index (χ2n) is 7.15. The van der Waals surface area contributed by atoms with E-state index in [4.69, 9.17) is 4.74 Å². The topological polar surface area (TPSA) is 101 Å². The fourth-order valence-electron chi connectivity index (χ4n) is 3.00. The minimum Gasteiger partial charge on any atom is -0.439 e. The summed E-state index contributed by atoms with van der Waals surface area (Å²) in [5.74, 6) is 3.19. The van der Waals surface area contributed by atoms with E-state index in [0.717, 1.165) is 30.0 Å². The van der Waals surface area contributed by atoms with Crippen molar-refractivity contribution in [3.05, 3.63) is 60.2 Å². The molecule has 0 fully saturated rings. The molecule has 0 aliphatic carbocycles. The average molecular weight is 448 g/mol. The van der Waals surface area contributed by atoms with Gasteiger partial charge in [-0.05, 0) is 61.6 Å². The van der Waals surface area contributed by atoms with Crippen LogP contribution in [0.15, 0.2) is 59.8 Å². The van der Waals surface area contributed by atoms with Crippen LogP contribution in [0.4, 0.5) is 17.5 Å². The number of aromatic amines is 1. The first-order chi connectivity index (χ1) is 15.6. The molecule has 4 aromatic rings. The van der Waals surface area contributed by atoms with Crippen LogP contribution in [-0.4, -0.2) is 37.9 Å². The van der Waals surface area contributed by atoms with Gasteiger partial charge >= 0.3 is 0 Å². The Balaban J connectivity index is 1.45. The minimum absolute atomic E-state index is 0.500. The van der Waals surface area contributed by atoms with E-state index in [1.807, 2.05) is 67.8 Å². The Bertz CT molecular complexity index is 1180. The van der Waals surface area contributed by atoms with Crippen LogP contribution in [0.2, 0.25) is 0 Å². The number of aryl methyl sites for hydroxylation is 1. The number of anilines is 3. The molecule has 8 nitrogen and oxygen atoms in total. The summed E-state index contributed by atoms with van der Waals surface area (Å²) in [5.41, 5.74) is 3.03. The fourth-order valence-corrected chi connectivity index (χ4v) is 3.37. The molecule has 2 aromatic heterocycles. The van der Waals surface area contributed by atoms with Crippen LogP contribution in [-0.2, 0) is 0 Å². The van der Waals surface area contributed by atoms with Gasteiger partial charge in [-0.3, -0.25) is 0 Å². The van der Waals surface area contributed by atoms with E-state index in [0.29, 0.717) is 28.6 Å². The molecular weight excluding hydrogens is 422 g/mol. The van der Waals surface area contributed by atoms with Gasteiger partial charge in [0.25, 0.3) is 0 Å². The highest BCUT2D eigenvalue weighted by molar-refractivity contribution is 7.98. The molecule has 0 aliphatic heterocycles. The van der Waals surface area contributed by atoms with Crippen molar-refractivity contribution in [2.75, 3.05) is 23.4 Å². The third-order valence-electron chi connectivity index (χ3n) is 4.54. The van der Waals surface area contributed by atoms with Gasteiger partial charge in [-0.1, -0.05) is 30.8 Å². The van der Waals surface area contributed by atoms with Gasteiger partial charge in [-0.25, -0.2) is 4.98 Å². The number of nitrogens with zero attached hydrogens (tertiary/aromatic N) is 4. The molecule has 3 N–H and O–H groups in total. The fraction of sp³-hybridized carbons (Fsp3) is 0.217. The van der Waals surface area contributed by atoms with Crippen molar-refractivity contribution in [1.29, 1.82) is 0 Å². The Morgan fingerprint density at radius 2 is 1.88 bits per heavy atom. The molecule has 0 unspecified atom stereocenters. The molecular formula is C23H25N7OS. The number of rotatable bonds is 9. The predicted octanol–water partition coefficient (Wildman–Crippen LogP) is 5.65. The van der Waals surface area contributed by atoms with Gasteiger partial charge in [0.05, 0.1) is 0 Å². The van der Waals surface area contributed by atoms with E-state index in [1.165, 1.54) is 17.3 Å². The Hall–Kier alpha value is -3.59. The standard InChI is InChI=1S/C23H25N7OS/c1-4-12-24-19-14-20(27-23(26-19)32-3)31-18-10-8-16(9-11-18)21-28-22(30-29-21)25-17-7-5-6-15(2)13-17/h5-11,13-14H,4,12H2,1-3H3,(H,24,26,27)(H2,25,28,29,30). The zero-order valence-corrected chi connectivity index (χ0v) is 19.0. The molecule has 164 valence electrons. The highest BCUT2D eigenvalue weighted by Crippen LogP contribution is 2.26. The van der Waals surface area contributed by atoms with Crippen LogP contribution >= 0.6 is 11.8 Å². The zero-order valence-electron chi connectivity index (χ0n) is 18.2. The molecule has 0 saturated carbocycles. The second-order valence-corrected chi connectivity index (χ2v) is 7.92. The highest BCUT2D eigenvalue weighted by atomic mass is 32.2. The zero-order chi connectivity index (χ0) is 22.3. The van der Waals surface area contributed by atoms with Crippen LogP contribution in [0.1, 0.15) is 18.9 Å². The molecule has 9 heteroatoms. The third-order valence-corrected chi connectivity index (χ3v) is 5.09. The Kier molecular flexibility index (Phi) is 6.86. The largest absolute Gasteiger partial charge is 0.439 e. The molecule has 0 amide bonds. The number of benzene rings is 2. The van der Waals surface area contributed by atoms with Crippen molar-refractivity contribution in [2.24, 2.45) is 0 Å². The average Bonchev–Trinajstić information content (AvgIpc) is 3.26. The molecule has 0 spiro atoms. The first-order valence-electron chi connectivity index (χ1n) is 10.3. The SMILES string of the molecule is CCCNc1cc(Oc2ccc(-c3nnc(Nc4cccc(C)c4)[nH]3)cc2)nc(SC)n1. The lowest BCUT2D eigenvalue weighted by Crippen LogP contribution is -2.04. The number of thioether (sulfide) groups is 1. The van der Waals surface area contributed by atoms with Crippen LogP contribution in [0, 0.1) is 6.92 Å². The summed E-state index contributed by atoms with van der Waals surface area (Å²) in [5, 5.41) is 15.6. The molecule has 0 radical (unpaired) electrons. The quantitative estimate of drug-likeness (QED) is 0.223. The van der Waals surface area contributed by atoms with Gasteiger partial charge in [0, 0.05) is 23.9 Å². The lowest BCUT2D eigenvalue weighted by molar-refractivity contribution is 0.456. The van der Waals surface area contributed by atoms with Gasteiger partial charge in [0.2, 0.25) is 11.8 Å². The number of hydrogen-bond acceptors (Lipinski definition) is 8. The maximum absolute atomic E-state index is 5.96. The van der Waals surface area contributed by atoms with Crippen molar-refractivity contribution >= 4 is 29.2 Å². The molecule has 0 atom stereocenters. The minimum atomic E-state index is 0.500. The number of aromatic nitrogens is 5. The Morgan fingerprint density at radius 3 is 2.62 bits per heavy atom. The van der Waals surface area contributed by atoms with E-state index in [9.17, 15) is 0 Å². The van der Waals surface area contributed by atoms with E-state index >= 15 is 0 Å². The molecule has 2 aromatic carbocycles. The van der Waals surface area contributed by atoms with Gasteiger partial charge < -0.3 is 20.4 Å². The number of H-pyrrole nitrogens is 1. The maximum atomic E-state index is 5.96. The van der Waals surface area contributed by atoms with Gasteiger partial charge in [0.15, 0.2) is 11.0 Å². The molecule has 0 bridgehead atoms. The van der Waals surface area contributed by atoms with Crippen molar-refractivity contribution in [3.63, 3.8) is 0 Å². The van der Waals surface area contributed by atoms with Gasteiger partial charge in [0.1, 0.15) is 11.6 Å². The third kappa shape index (κ3) is 5.55. The summed E-state index contributed by atoms with van der Waals surface area (Å²) in [6, 6.07) is 17.5. The molecule has 0 saturated heterocycles. The predicted molar refractivity (Wildman–Crippen MR) is 129 cm³/mol. The normalized spacial score (nSPS) is 10.7. The maximum Gasteiger partial charge on any atom is 0.226 e. The monoisotopic (exact) mass is 447 g/mol. The van der Waals surface area contributed by atoms with Crippen LogP contribution in [0.5, 0.6) is 11.6 Å². The Morgan fingerprint density at radius 1 is 1.03 bits per heavy atom. The lowest BCUT2D eigenvalue weighted by Gasteiger charge is -2.09. The highest BCUT2D eigenvalue weighted by Gasteiger charge is 2.09. The summed E-state index contributed by atoms with van der Waals surface area (Å²) in [6.07, 6.45) is 2.96. The summed E-state index contributed by atoms with van der Waals surface area (Å²) < 4.78 is 5.96. The molecule has 2 heterocycles. The molecule has 32 heavy (non-hydrogen) atoms. The smallest absolute Gasteiger partial charge is 0.226 e. The number of hydrogen-bond donors (Lipinski definition) is 3. The van der Waals surface area contributed by atoms with Crippen molar-refractivity contribution in [1.82, 2.24) is 25.1 Å². The van der Waals surface area contributed by atoms with Crippen LogP contribution < -0.4 is 15.4 Å². The first-order valence-corrected chi connectivity index (χ1v) is 11.6. The lowest BCUT2D eigenvalue weighted by atomic mass is 10.2. The summed E-state index contributed by atoms with van der Waals surface area (Å²) in [4.78, 5) is 12.1. The van der Waals surface area contributed by atoms with Gasteiger partial charge in [-0.15, -0.1) is 10.2 Å². The summed E-state index contributed by atoms with van der Waals surface area (Å²) >= 11 is 1.48. The van der Waals surface area contributed by atoms with Crippen molar-refractivity contribution < 1.29 is 4.74 Å². The van der Waals surface area contributed by atoms with Crippen LogP contribution in [0.3, 0.4) is 0 Å². The number of ether oxygens (including phenoxy) is 1. The summed E-state index contributed by atoms with van der Waals surface area (Å²) in [6.45, 7) is 5.00. The van der Waals surface area contributed by atoms with E-state index in [-0.39, 0.29) is 0 Å². The van der Waals surface area contributed by atoms with E-state index in [1.54, 1.807) is 0 Å². The second kappa shape index (κ2) is 10.1. The van der Waals surface area contributed by atoms with Crippen molar-refractivity contribution in [3.8, 4) is 23.0 Å². The molecule has 0 aliphatic rings. The van der Waals surface area contributed by atoms with E-state index in [2.05, 4.69) is 42.7 Å². The van der Waals surface area contributed by atoms with Gasteiger partial charge in [-0.2, -0.15) is 4.98 Å². The van der Waals surface area contributed by atoms with Crippen LogP contribution in [0.25, 0.3) is 11.4 Å². The first kappa shape index (κ1) is 21.6. The summed E-state index contributed by atoms with van der Waals surface area (Å²) in [7, 11) is 0. The van der Waals surface area contributed by atoms with E-state index < -0.39 is 0 Å². The Labute approximate surface area is 191 Å².